The van der Waals surface area contributed by atoms with Gasteiger partial charge in [0.2, 0.25) is 0 Å². The summed E-state index contributed by atoms with van der Waals surface area (Å²) < 4.78 is 5.30. The molecular formula is C18H16N4O3. The second kappa shape index (κ2) is 7.31. The zero-order valence-corrected chi connectivity index (χ0v) is 13.4. The van der Waals surface area contributed by atoms with E-state index in [0.717, 1.165) is 5.69 Å². The predicted molar refractivity (Wildman–Crippen MR) is 95.0 cm³/mol. The Morgan fingerprint density at radius 1 is 0.960 bits per heavy atom. The Labute approximate surface area is 144 Å². The van der Waals surface area contributed by atoms with Crippen LogP contribution >= 0.6 is 0 Å². The molecule has 0 radical (unpaired) electrons. The van der Waals surface area contributed by atoms with E-state index in [0.29, 0.717) is 23.1 Å². The summed E-state index contributed by atoms with van der Waals surface area (Å²) in [5, 5.41) is 15.4. The lowest BCUT2D eigenvalue weighted by atomic mass is 10.2. The Bertz CT molecular complexity index is 899. The van der Waals surface area contributed by atoms with E-state index >= 15 is 0 Å². The highest BCUT2D eigenvalue weighted by atomic mass is 16.5. The van der Waals surface area contributed by atoms with Gasteiger partial charge in [-0.3, -0.25) is 0 Å². The van der Waals surface area contributed by atoms with Crippen molar-refractivity contribution in [1.82, 2.24) is 9.97 Å². The molecule has 126 valence electrons. The standard InChI is InChI=1S/C18H16N4O3/c1-25-15-9-5-4-8-14(15)22-17-10-16(19-11-20-17)21-13-7-3-2-6-12(13)18(23)24/h2-11H,1H3,(H,23,24)(H2,19,20,21,22). The first kappa shape index (κ1) is 16.3. The number of hydrogen-bond acceptors (Lipinski definition) is 6. The molecule has 0 bridgehead atoms. The number of hydrogen-bond donors (Lipinski definition) is 3. The summed E-state index contributed by atoms with van der Waals surface area (Å²) in [6.45, 7) is 0. The molecule has 0 aliphatic carbocycles. The lowest BCUT2D eigenvalue weighted by Crippen LogP contribution is -2.04. The molecule has 1 aromatic heterocycles. The Kier molecular flexibility index (Phi) is 4.75. The van der Waals surface area contributed by atoms with Crippen LogP contribution in [0.3, 0.4) is 0 Å². The summed E-state index contributed by atoms with van der Waals surface area (Å²) in [7, 11) is 1.59. The third-order valence-corrected chi connectivity index (χ3v) is 3.46. The Morgan fingerprint density at radius 3 is 2.24 bits per heavy atom. The molecule has 7 nitrogen and oxygen atoms in total. The average molecular weight is 336 g/mol. The molecule has 0 fully saturated rings. The number of carboxylic acids is 1. The van der Waals surface area contributed by atoms with Gasteiger partial charge in [0.1, 0.15) is 23.7 Å². The summed E-state index contributed by atoms with van der Waals surface area (Å²) in [5.74, 6) is 0.701. The van der Waals surface area contributed by atoms with Gasteiger partial charge in [0.25, 0.3) is 0 Å². The highest BCUT2D eigenvalue weighted by molar-refractivity contribution is 5.95. The van der Waals surface area contributed by atoms with Crippen LogP contribution in [0.15, 0.2) is 60.9 Å². The number of nitrogens with one attached hydrogen (secondary N) is 2. The van der Waals surface area contributed by atoms with Crippen molar-refractivity contribution >= 4 is 29.0 Å². The minimum Gasteiger partial charge on any atom is -0.495 e. The van der Waals surface area contributed by atoms with Crippen LogP contribution in [0, 0.1) is 0 Å². The van der Waals surface area contributed by atoms with Gasteiger partial charge in [-0.05, 0) is 24.3 Å². The summed E-state index contributed by atoms with van der Waals surface area (Å²) in [5.41, 5.74) is 1.39. The van der Waals surface area contributed by atoms with Gasteiger partial charge < -0.3 is 20.5 Å². The van der Waals surface area contributed by atoms with E-state index in [-0.39, 0.29) is 5.56 Å². The largest absolute Gasteiger partial charge is 0.495 e. The number of rotatable bonds is 6. The number of benzene rings is 2. The van der Waals surface area contributed by atoms with Crippen molar-refractivity contribution in [3.63, 3.8) is 0 Å². The van der Waals surface area contributed by atoms with E-state index in [2.05, 4.69) is 20.6 Å². The summed E-state index contributed by atoms with van der Waals surface area (Å²) in [6, 6.07) is 15.8. The number of ether oxygens (including phenoxy) is 1. The summed E-state index contributed by atoms with van der Waals surface area (Å²) >= 11 is 0. The van der Waals surface area contributed by atoms with Crippen LogP contribution in [0.2, 0.25) is 0 Å². The molecule has 7 heteroatoms. The van der Waals surface area contributed by atoms with E-state index in [1.54, 1.807) is 31.4 Å². The second-order valence-corrected chi connectivity index (χ2v) is 5.09. The number of aromatic carboxylic acids is 1. The van der Waals surface area contributed by atoms with E-state index in [9.17, 15) is 9.90 Å². The third kappa shape index (κ3) is 3.84. The Balaban J connectivity index is 1.84. The van der Waals surface area contributed by atoms with E-state index in [1.807, 2.05) is 24.3 Å². The van der Waals surface area contributed by atoms with Gasteiger partial charge in [-0.15, -0.1) is 0 Å². The van der Waals surface area contributed by atoms with Gasteiger partial charge >= 0.3 is 5.97 Å². The minimum absolute atomic E-state index is 0.167. The Hall–Kier alpha value is -3.61. The Morgan fingerprint density at radius 2 is 1.56 bits per heavy atom. The minimum atomic E-state index is -1.01. The number of carbonyl (C=O) groups is 1. The fourth-order valence-corrected chi connectivity index (χ4v) is 2.30. The molecule has 3 rings (SSSR count). The van der Waals surface area contributed by atoms with Gasteiger partial charge in [-0.1, -0.05) is 24.3 Å². The van der Waals surface area contributed by atoms with Gasteiger partial charge in [0.15, 0.2) is 0 Å². The maximum absolute atomic E-state index is 11.3. The fourth-order valence-electron chi connectivity index (χ4n) is 2.30. The van der Waals surface area contributed by atoms with Crippen LogP contribution in [-0.4, -0.2) is 28.2 Å². The maximum atomic E-state index is 11.3. The first-order valence-electron chi connectivity index (χ1n) is 7.49. The lowest BCUT2D eigenvalue weighted by molar-refractivity contribution is 0.0698. The predicted octanol–water partition coefficient (Wildman–Crippen LogP) is 3.67. The molecule has 0 unspecified atom stereocenters. The summed E-state index contributed by atoms with van der Waals surface area (Å²) in [6.07, 6.45) is 1.39. The van der Waals surface area contributed by atoms with Gasteiger partial charge in [0, 0.05) is 6.07 Å². The molecule has 3 N–H and O–H groups in total. The molecule has 1 heterocycles. The fraction of sp³-hybridized carbons (Fsp3) is 0.0556. The highest BCUT2D eigenvalue weighted by Gasteiger charge is 2.10. The molecule has 0 aliphatic heterocycles. The first-order valence-corrected chi connectivity index (χ1v) is 7.49. The lowest BCUT2D eigenvalue weighted by Gasteiger charge is -2.12. The highest BCUT2D eigenvalue weighted by Crippen LogP contribution is 2.27. The number of para-hydroxylation sites is 3. The molecule has 0 aliphatic rings. The molecule has 0 saturated carbocycles. The molecule has 0 saturated heterocycles. The van der Waals surface area contributed by atoms with Crippen LogP contribution < -0.4 is 15.4 Å². The number of carboxylic acid groups (broad SMARTS) is 1. The molecular weight excluding hydrogens is 320 g/mol. The van der Waals surface area contributed by atoms with Crippen molar-refractivity contribution in [2.24, 2.45) is 0 Å². The molecule has 0 amide bonds. The topological polar surface area (TPSA) is 96.4 Å². The van der Waals surface area contributed by atoms with E-state index in [1.165, 1.54) is 12.4 Å². The van der Waals surface area contributed by atoms with Crippen molar-refractivity contribution in [2.75, 3.05) is 17.7 Å². The quantitative estimate of drug-likeness (QED) is 0.632. The maximum Gasteiger partial charge on any atom is 0.337 e. The molecule has 25 heavy (non-hydrogen) atoms. The number of methoxy groups -OCH3 is 1. The van der Waals surface area contributed by atoms with Gasteiger partial charge in [-0.2, -0.15) is 0 Å². The van der Waals surface area contributed by atoms with Crippen LogP contribution in [-0.2, 0) is 0 Å². The van der Waals surface area contributed by atoms with Gasteiger partial charge in [0.05, 0.1) is 24.0 Å². The number of nitrogens with zero attached hydrogens (tertiary/aromatic N) is 2. The van der Waals surface area contributed by atoms with E-state index < -0.39 is 5.97 Å². The van der Waals surface area contributed by atoms with Crippen LogP contribution in [0.25, 0.3) is 0 Å². The van der Waals surface area contributed by atoms with E-state index in [4.69, 9.17) is 4.74 Å². The SMILES string of the molecule is COc1ccccc1Nc1cc(Nc2ccccc2C(=O)O)ncn1. The molecule has 3 aromatic rings. The molecule has 0 spiro atoms. The molecule has 2 aromatic carbocycles. The van der Waals surface area contributed by atoms with Crippen molar-refractivity contribution in [1.29, 1.82) is 0 Å². The summed E-state index contributed by atoms with van der Waals surface area (Å²) in [4.78, 5) is 19.6. The van der Waals surface area contributed by atoms with Gasteiger partial charge in [-0.25, -0.2) is 14.8 Å². The monoisotopic (exact) mass is 336 g/mol. The normalized spacial score (nSPS) is 10.1. The van der Waals surface area contributed by atoms with Crippen molar-refractivity contribution in [3.8, 4) is 5.75 Å². The van der Waals surface area contributed by atoms with Crippen molar-refractivity contribution < 1.29 is 14.6 Å². The van der Waals surface area contributed by atoms with Crippen LogP contribution in [0.5, 0.6) is 5.75 Å². The van der Waals surface area contributed by atoms with Crippen molar-refractivity contribution in [3.05, 3.63) is 66.5 Å². The average Bonchev–Trinajstić information content (AvgIpc) is 2.63. The first-order chi connectivity index (χ1) is 12.2. The zero-order valence-electron chi connectivity index (χ0n) is 13.4. The smallest absolute Gasteiger partial charge is 0.337 e. The second-order valence-electron chi connectivity index (χ2n) is 5.09. The van der Waals surface area contributed by atoms with Crippen molar-refractivity contribution in [2.45, 2.75) is 0 Å². The number of aromatic nitrogens is 2. The third-order valence-electron chi connectivity index (χ3n) is 3.46. The van der Waals surface area contributed by atoms with Crippen LogP contribution in [0.4, 0.5) is 23.0 Å². The van der Waals surface area contributed by atoms with Crippen LogP contribution in [0.1, 0.15) is 10.4 Å². The number of anilines is 4. The molecule has 0 atom stereocenters. The zero-order chi connectivity index (χ0) is 17.6.